The topological polar surface area (TPSA) is 74.9 Å². The maximum Gasteiger partial charge on any atom is 0.270 e. The van der Waals surface area contributed by atoms with Crippen LogP contribution in [-0.2, 0) is 14.3 Å². The van der Waals surface area contributed by atoms with E-state index in [1.54, 1.807) is 0 Å². The van der Waals surface area contributed by atoms with Crippen LogP contribution < -0.4 is 0 Å². The lowest BCUT2D eigenvalue weighted by molar-refractivity contribution is -0.188. The minimum atomic E-state index is -0.332. The SMILES string of the molecule is O=C(COC1CCOC2(C1)CN(C(=O)c1cc3ccccc3[nH]1)C2)N1CCCC1. The number of nitrogens with one attached hydrogen (secondary N) is 1. The van der Waals surface area contributed by atoms with Crippen LogP contribution >= 0.6 is 0 Å². The molecule has 154 valence electrons. The molecule has 7 heteroatoms. The average Bonchev–Trinajstić information content (AvgIpc) is 3.39. The van der Waals surface area contributed by atoms with E-state index in [1.165, 1.54) is 0 Å². The van der Waals surface area contributed by atoms with Gasteiger partial charge in [-0.1, -0.05) is 18.2 Å². The predicted molar refractivity (Wildman–Crippen MR) is 108 cm³/mol. The second-order valence-corrected chi connectivity index (χ2v) is 8.48. The lowest BCUT2D eigenvalue weighted by Gasteiger charge is -2.52. The number of carbonyl (C=O) groups excluding carboxylic acids is 2. The molecule has 0 bridgehead atoms. The summed E-state index contributed by atoms with van der Waals surface area (Å²) in [4.78, 5) is 32.0. The average molecular weight is 397 g/mol. The molecular formula is C22H27N3O4. The Kier molecular flexibility index (Phi) is 4.80. The van der Waals surface area contributed by atoms with Gasteiger partial charge in [0.2, 0.25) is 5.91 Å². The number of hydrogen-bond donors (Lipinski definition) is 1. The number of aromatic nitrogens is 1. The molecule has 0 radical (unpaired) electrons. The lowest BCUT2D eigenvalue weighted by Crippen LogP contribution is -2.67. The molecule has 1 atom stereocenters. The third-order valence-corrected chi connectivity index (χ3v) is 6.35. The van der Waals surface area contributed by atoms with Crippen LogP contribution in [0.4, 0.5) is 0 Å². The molecular weight excluding hydrogens is 370 g/mol. The van der Waals surface area contributed by atoms with E-state index >= 15 is 0 Å². The molecule has 0 saturated carbocycles. The second-order valence-electron chi connectivity index (χ2n) is 8.48. The van der Waals surface area contributed by atoms with Crippen molar-refractivity contribution in [2.45, 2.75) is 37.4 Å². The zero-order valence-electron chi connectivity index (χ0n) is 16.6. The fourth-order valence-electron chi connectivity index (χ4n) is 4.74. The van der Waals surface area contributed by atoms with Gasteiger partial charge in [0, 0.05) is 37.0 Å². The van der Waals surface area contributed by atoms with Crippen LogP contribution in [-0.4, -0.2) is 77.7 Å². The zero-order valence-corrected chi connectivity index (χ0v) is 16.6. The molecule has 1 unspecified atom stereocenters. The van der Waals surface area contributed by atoms with E-state index < -0.39 is 0 Å². The Morgan fingerprint density at radius 1 is 1.17 bits per heavy atom. The van der Waals surface area contributed by atoms with Crippen LogP contribution in [0.2, 0.25) is 0 Å². The molecule has 0 aliphatic carbocycles. The monoisotopic (exact) mass is 397 g/mol. The Bertz CT molecular complexity index is 879. The molecule has 2 aromatic rings. The lowest BCUT2D eigenvalue weighted by atomic mass is 9.84. The summed E-state index contributed by atoms with van der Waals surface area (Å²) >= 11 is 0. The van der Waals surface area contributed by atoms with E-state index in [-0.39, 0.29) is 30.1 Å². The van der Waals surface area contributed by atoms with Crippen LogP contribution in [0, 0.1) is 0 Å². The first kappa shape index (κ1) is 18.6. The zero-order chi connectivity index (χ0) is 19.8. The number of hydrogen-bond acceptors (Lipinski definition) is 4. The van der Waals surface area contributed by atoms with Crippen molar-refractivity contribution in [3.8, 4) is 0 Å². The summed E-state index contributed by atoms with van der Waals surface area (Å²) in [6, 6.07) is 9.79. The number of para-hydroxylation sites is 1. The molecule has 3 saturated heterocycles. The third kappa shape index (κ3) is 3.65. The first-order chi connectivity index (χ1) is 14.1. The number of rotatable bonds is 4. The van der Waals surface area contributed by atoms with Crippen LogP contribution in [0.25, 0.3) is 10.9 Å². The van der Waals surface area contributed by atoms with Gasteiger partial charge in [0.25, 0.3) is 5.91 Å². The van der Waals surface area contributed by atoms with Crippen LogP contribution in [0.5, 0.6) is 0 Å². The van der Waals surface area contributed by atoms with Crippen molar-refractivity contribution in [1.82, 2.24) is 14.8 Å². The van der Waals surface area contributed by atoms with Crippen molar-refractivity contribution in [2.24, 2.45) is 0 Å². The van der Waals surface area contributed by atoms with Crippen LogP contribution in [0.15, 0.2) is 30.3 Å². The van der Waals surface area contributed by atoms with E-state index in [1.807, 2.05) is 40.1 Å². The van der Waals surface area contributed by atoms with Crippen molar-refractivity contribution >= 4 is 22.7 Å². The number of H-pyrrole nitrogens is 1. The summed E-state index contributed by atoms with van der Waals surface area (Å²) in [5, 5.41) is 1.04. The maximum atomic E-state index is 12.8. The summed E-state index contributed by atoms with van der Waals surface area (Å²) in [5.41, 5.74) is 1.25. The van der Waals surface area contributed by atoms with E-state index in [4.69, 9.17) is 9.47 Å². The normalized spacial score (nSPS) is 23.5. The minimum Gasteiger partial charge on any atom is -0.371 e. The van der Waals surface area contributed by atoms with E-state index in [0.717, 1.165) is 49.7 Å². The summed E-state index contributed by atoms with van der Waals surface area (Å²) in [6.45, 7) is 3.60. The molecule has 1 aromatic carbocycles. The Morgan fingerprint density at radius 3 is 2.76 bits per heavy atom. The smallest absolute Gasteiger partial charge is 0.270 e. The Morgan fingerprint density at radius 2 is 1.97 bits per heavy atom. The van der Waals surface area contributed by atoms with Gasteiger partial charge in [0.05, 0.1) is 19.2 Å². The fraction of sp³-hybridized carbons (Fsp3) is 0.545. The quantitative estimate of drug-likeness (QED) is 0.858. The Balaban J connectivity index is 1.15. The Labute approximate surface area is 169 Å². The highest BCUT2D eigenvalue weighted by Crippen LogP contribution is 2.36. The van der Waals surface area contributed by atoms with E-state index in [2.05, 4.69) is 4.98 Å². The molecule has 4 heterocycles. The summed E-state index contributed by atoms with van der Waals surface area (Å²) in [7, 11) is 0. The summed E-state index contributed by atoms with van der Waals surface area (Å²) < 4.78 is 12.0. The first-order valence-electron chi connectivity index (χ1n) is 10.5. The largest absolute Gasteiger partial charge is 0.371 e. The van der Waals surface area contributed by atoms with Gasteiger partial charge in [-0.05, 0) is 31.4 Å². The highest BCUT2D eigenvalue weighted by atomic mass is 16.5. The first-order valence-corrected chi connectivity index (χ1v) is 10.5. The number of ether oxygens (including phenoxy) is 2. The molecule has 5 rings (SSSR count). The van der Waals surface area contributed by atoms with Gasteiger partial charge in [0.1, 0.15) is 17.9 Å². The molecule has 29 heavy (non-hydrogen) atoms. The number of nitrogens with zero attached hydrogens (tertiary/aromatic N) is 2. The van der Waals surface area contributed by atoms with Gasteiger partial charge in [-0.3, -0.25) is 9.59 Å². The second kappa shape index (κ2) is 7.46. The number of aromatic amines is 1. The fourth-order valence-corrected chi connectivity index (χ4v) is 4.74. The minimum absolute atomic E-state index is 0.00248. The van der Waals surface area contributed by atoms with E-state index in [9.17, 15) is 9.59 Å². The van der Waals surface area contributed by atoms with Gasteiger partial charge >= 0.3 is 0 Å². The summed E-state index contributed by atoms with van der Waals surface area (Å²) in [5.74, 6) is 0.0925. The molecule has 7 nitrogen and oxygen atoms in total. The number of likely N-dealkylation sites (tertiary alicyclic amines) is 2. The molecule has 3 aliphatic heterocycles. The Hall–Kier alpha value is -2.38. The summed E-state index contributed by atoms with van der Waals surface area (Å²) in [6.07, 6.45) is 3.72. The van der Waals surface area contributed by atoms with Gasteiger partial charge < -0.3 is 24.3 Å². The predicted octanol–water partition coefficient (Wildman–Crippen LogP) is 2.18. The number of amides is 2. The van der Waals surface area contributed by atoms with Crippen molar-refractivity contribution in [2.75, 3.05) is 39.4 Å². The molecule has 1 spiro atoms. The van der Waals surface area contributed by atoms with Crippen molar-refractivity contribution < 1.29 is 19.1 Å². The highest BCUT2D eigenvalue weighted by Gasteiger charge is 2.50. The van der Waals surface area contributed by atoms with Crippen molar-refractivity contribution in [1.29, 1.82) is 0 Å². The van der Waals surface area contributed by atoms with Gasteiger partial charge in [0.15, 0.2) is 0 Å². The molecule has 2 amide bonds. The molecule has 1 N–H and O–H groups in total. The molecule has 3 aliphatic rings. The third-order valence-electron chi connectivity index (χ3n) is 6.35. The van der Waals surface area contributed by atoms with E-state index in [0.29, 0.717) is 25.4 Å². The van der Waals surface area contributed by atoms with Gasteiger partial charge in [-0.25, -0.2) is 0 Å². The maximum absolute atomic E-state index is 12.8. The van der Waals surface area contributed by atoms with Gasteiger partial charge in [-0.2, -0.15) is 0 Å². The van der Waals surface area contributed by atoms with Crippen LogP contribution in [0.3, 0.4) is 0 Å². The van der Waals surface area contributed by atoms with Gasteiger partial charge in [-0.15, -0.1) is 0 Å². The standard InChI is InChI=1S/C22H27N3O4/c26-20(24-8-3-4-9-24)13-28-17-7-10-29-22(12-17)14-25(15-22)21(27)19-11-16-5-1-2-6-18(16)23-19/h1-2,5-6,11,17,23H,3-4,7-10,12-15H2. The van der Waals surface area contributed by atoms with Crippen molar-refractivity contribution in [3.05, 3.63) is 36.0 Å². The van der Waals surface area contributed by atoms with Crippen LogP contribution in [0.1, 0.15) is 36.2 Å². The number of carbonyl (C=O) groups is 2. The number of benzene rings is 1. The highest BCUT2D eigenvalue weighted by molar-refractivity contribution is 5.98. The molecule has 1 aromatic heterocycles. The van der Waals surface area contributed by atoms with Crippen molar-refractivity contribution in [3.63, 3.8) is 0 Å². The number of fused-ring (bicyclic) bond motifs is 1. The molecule has 3 fully saturated rings.